The Morgan fingerprint density at radius 1 is 1.00 bits per heavy atom. The summed E-state index contributed by atoms with van der Waals surface area (Å²) in [5.74, 6) is 0.285. The zero-order chi connectivity index (χ0) is 19.8. The van der Waals surface area contributed by atoms with E-state index in [4.69, 9.17) is 10.2 Å². The Balaban J connectivity index is 1.65. The zero-order valence-corrected chi connectivity index (χ0v) is 15.9. The van der Waals surface area contributed by atoms with E-state index in [9.17, 15) is 9.59 Å². The Hall–Kier alpha value is -3.03. The number of hydrogen-bond acceptors (Lipinski definition) is 5. The maximum Gasteiger partial charge on any atom is 0.238 e. The quantitative estimate of drug-likeness (QED) is 0.484. The lowest BCUT2D eigenvalue weighted by molar-refractivity contribution is -0.116. The minimum absolute atomic E-state index is 0.0923. The van der Waals surface area contributed by atoms with Crippen molar-refractivity contribution in [1.29, 1.82) is 0 Å². The molecule has 3 rings (SSSR count). The molecule has 2 aromatic carbocycles. The van der Waals surface area contributed by atoms with Crippen LogP contribution in [0.25, 0.3) is 0 Å². The fourth-order valence-electron chi connectivity index (χ4n) is 2.72. The van der Waals surface area contributed by atoms with Gasteiger partial charge in [-0.25, -0.2) is 0 Å². The number of rotatable bonds is 9. The van der Waals surface area contributed by atoms with Crippen LogP contribution in [-0.4, -0.2) is 24.1 Å². The third kappa shape index (κ3) is 5.48. The number of nitrogens with one attached hydrogen (secondary N) is 2. The summed E-state index contributed by atoms with van der Waals surface area (Å²) in [5.41, 5.74) is 6.86. The second-order valence-electron chi connectivity index (χ2n) is 6.04. The molecule has 2 amide bonds. The molecule has 28 heavy (non-hydrogen) atoms. The van der Waals surface area contributed by atoms with Gasteiger partial charge >= 0.3 is 0 Å². The first kappa shape index (κ1) is 19.7. The number of furan rings is 1. The van der Waals surface area contributed by atoms with Crippen LogP contribution in [0.15, 0.2) is 82.3 Å². The number of para-hydroxylation sites is 1. The van der Waals surface area contributed by atoms with Crippen LogP contribution >= 0.6 is 11.8 Å². The fourth-order valence-corrected chi connectivity index (χ4v) is 3.46. The van der Waals surface area contributed by atoms with Gasteiger partial charge in [0.15, 0.2) is 0 Å². The van der Waals surface area contributed by atoms with Crippen LogP contribution in [0.2, 0.25) is 0 Å². The minimum Gasteiger partial charge on any atom is -0.467 e. The van der Waals surface area contributed by atoms with Crippen LogP contribution in [0, 0.1) is 0 Å². The van der Waals surface area contributed by atoms with Crippen molar-refractivity contribution < 1.29 is 14.0 Å². The summed E-state index contributed by atoms with van der Waals surface area (Å²) in [6.07, 6.45) is 1.61. The van der Waals surface area contributed by atoms with Crippen LogP contribution < -0.4 is 16.4 Å². The summed E-state index contributed by atoms with van der Waals surface area (Å²) < 4.78 is 5.53. The first-order valence-electron chi connectivity index (χ1n) is 8.75. The van der Waals surface area contributed by atoms with Crippen molar-refractivity contribution in [3.05, 3.63) is 84.3 Å². The lowest BCUT2D eigenvalue weighted by Gasteiger charge is -2.17. The van der Waals surface area contributed by atoms with Gasteiger partial charge in [-0.2, -0.15) is 0 Å². The van der Waals surface area contributed by atoms with E-state index < -0.39 is 5.91 Å². The number of benzene rings is 2. The van der Waals surface area contributed by atoms with Gasteiger partial charge in [0.25, 0.3) is 0 Å². The summed E-state index contributed by atoms with van der Waals surface area (Å²) in [7, 11) is 0. The number of anilines is 1. The molecular formula is C21H21N3O3S. The van der Waals surface area contributed by atoms with Gasteiger partial charge in [-0.3, -0.25) is 14.9 Å². The molecule has 0 saturated heterocycles. The number of amides is 2. The Kier molecular flexibility index (Phi) is 6.89. The SMILES string of the molecule is NC(=O)CSc1ccccc1NC(=O)CN[C@@H](c1ccccc1)c1ccco1. The zero-order valence-electron chi connectivity index (χ0n) is 15.1. The Morgan fingerprint density at radius 3 is 2.46 bits per heavy atom. The summed E-state index contributed by atoms with van der Waals surface area (Å²) in [6.45, 7) is 0.0923. The molecular weight excluding hydrogens is 374 g/mol. The molecule has 0 aliphatic carbocycles. The van der Waals surface area contributed by atoms with Gasteiger partial charge in [-0.15, -0.1) is 11.8 Å². The van der Waals surface area contributed by atoms with E-state index in [-0.39, 0.29) is 24.2 Å². The molecule has 1 aromatic heterocycles. The van der Waals surface area contributed by atoms with Gasteiger partial charge in [0.2, 0.25) is 11.8 Å². The molecule has 1 heterocycles. The smallest absolute Gasteiger partial charge is 0.238 e. The maximum absolute atomic E-state index is 12.5. The van der Waals surface area contributed by atoms with Crippen molar-refractivity contribution in [3.63, 3.8) is 0 Å². The minimum atomic E-state index is -0.406. The molecule has 7 heteroatoms. The van der Waals surface area contributed by atoms with Gasteiger partial charge < -0.3 is 15.5 Å². The number of carbonyl (C=O) groups is 2. The standard InChI is InChI=1S/C21H21N3O3S/c22-19(25)14-28-18-11-5-4-9-16(18)24-20(26)13-23-21(17-10-6-12-27-17)15-7-2-1-3-8-15/h1-12,21,23H,13-14H2,(H2,22,25)(H,24,26)/t21-/m0/s1. The highest BCUT2D eigenvalue weighted by molar-refractivity contribution is 8.00. The second kappa shape index (κ2) is 9.77. The Morgan fingerprint density at radius 2 is 1.75 bits per heavy atom. The Bertz CT molecular complexity index is 914. The Labute approximate surface area is 167 Å². The van der Waals surface area contributed by atoms with Crippen molar-refractivity contribution in [3.8, 4) is 0 Å². The van der Waals surface area contributed by atoms with Crippen molar-refractivity contribution in [2.45, 2.75) is 10.9 Å². The lowest BCUT2D eigenvalue weighted by Crippen LogP contribution is -2.31. The molecule has 1 atom stereocenters. The molecule has 4 N–H and O–H groups in total. The highest BCUT2D eigenvalue weighted by Gasteiger charge is 2.18. The molecule has 0 bridgehead atoms. The molecule has 0 saturated carbocycles. The second-order valence-corrected chi connectivity index (χ2v) is 7.06. The largest absolute Gasteiger partial charge is 0.467 e. The topological polar surface area (TPSA) is 97.4 Å². The molecule has 0 aliphatic rings. The van der Waals surface area contributed by atoms with E-state index in [0.717, 1.165) is 16.2 Å². The third-order valence-electron chi connectivity index (χ3n) is 3.96. The molecule has 0 radical (unpaired) electrons. The van der Waals surface area contributed by atoms with Gasteiger partial charge in [0.1, 0.15) is 5.76 Å². The van der Waals surface area contributed by atoms with Crippen LogP contribution in [-0.2, 0) is 9.59 Å². The van der Waals surface area contributed by atoms with E-state index in [1.54, 1.807) is 12.3 Å². The van der Waals surface area contributed by atoms with Crippen LogP contribution in [0.4, 0.5) is 5.69 Å². The molecule has 0 spiro atoms. The number of thioether (sulfide) groups is 1. The third-order valence-corrected chi connectivity index (χ3v) is 5.05. The number of carbonyl (C=O) groups excluding carboxylic acids is 2. The number of primary amides is 1. The normalized spacial score (nSPS) is 11.7. The van der Waals surface area contributed by atoms with E-state index in [1.807, 2.05) is 60.7 Å². The maximum atomic E-state index is 12.5. The van der Waals surface area contributed by atoms with E-state index in [2.05, 4.69) is 10.6 Å². The van der Waals surface area contributed by atoms with Crippen LogP contribution in [0.3, 0.4) is 0 Å². The predicted molar refractivity (Wildman–Crippen MR) is 110 cm³/mol. The summed E-state index contributed by atoms with van der Waals surface area (Å²) in [4.78, 5) is 24.3. The monoisotopic (exact) mass is 395 g/mol. The fraction of sp³-hybridized carbons (Fsp3) is 0.143. The van der Waals surface area contributed by atoms with Gasteiger partial charge in [0, 0.05) is 4.90 Å². The van der Waals surface area contributed by atoms with Gasteiger partial charge in [0.05, 0.1) is 30.3 Å². The van der Waals surface area contributed by atoms with Gasteiger partial charge in [-0.1, -0.05) is 42.5 Å². The van der Waals surface area contributed by atoms with E-state index >= 15 is 0 Å². The highest BCUT2D eigenvalue weighted by Crippen LogP contribution is 2.27. The summed E-state index contributed by atoms with van der Waals surface area (Å²) >= 11 is 1.29. The average molecular weight is 395 g/mol. The first-order valence-corrected chi connectivity index (χ1v) is 9.74. The average Bonchev–Trinajstić information content (AvgIpc) is 3.23. The number of hydrogen-bond donors (Lipinski definition) is 3. The molecule has 0 aliphatic heterocycles. The van der Waals surface area contributed by atoms with Crippen LogP contribution in [0.1, 0.15) is 17.4 Å². The molecule has 0 fully saturated rings. The van der Waals surface area contributed by atoms with E-state index in [0.29, 0.717) is 5.69 Å². The van der Waals surface area contributed by atoms with Crippen molar-refractivity contribution in [1.82, 2.24) is 5.32 Å². The lowest BCUT2D eigenvalue weighted by atomic mass is 10.0. The summed E-state index contributed by atoms with van der Waals surface area (Å²) in [6, 6.07) is 20.6. The molecule has 144 valence electrons. The van der Waals surface area contributed by atoms with Crippen molar-refractivity contribution in [2.24, 2.45) is 5.73 Å². The van der Waals surface area contributed by atoms with E-state index in [1.165, 1.54) is 11.8 Å². The van der Waals surface area contributed by atoms with Crippen molar-refractivity contribution >= 4 is 29.3 Å². The number of nitrogens with two attached hydrogens (primary N) is 1. The molecule has 0 unspecified atom stereocenters. The van der Waals surface area contributed by atoms with Crippen molar-refractivity contribution in [2.75, 3.05) is 17.6 Å². The first-order chi connectivity index (χ1) is 13.6. The highest BCUT2D eigenvalue weighted by atomic mass is 32.2. The predicted octanol–water partition coefficient (Wildman–Crippen LogP) is 3.17. The molecule has 6 nitrogen and oxygen atoms in total. The molecule has 3 aromatic rings. The van der Waals surface area contributed by atoms with Gasteiger partial charge in [-0.05, 0) is 29.8 Å². The van der Waals surface area contributed by atoms with Crippen LogP contribution in [0.5, 0.6) is 0 Å². The summed E-state index contributed by atoms with van der Waals surface area (Å²) in [5, 5.41) is 6.12.